The molecule has 0 bridgehead atoms. The maximum Gasteiger partial charge on any atom is 0.195 e. The summed E-state index contributed by atoms with van der Waals surface area (Å²) in [6.07, 6.45) is 1.07. The van der Waals surface area contributed by atoms with Crippen molar-refractivity contribution in [2.75, 3.05) is 6.61 Å². The molecule has 3 rings (SSSR count). The van der Waals surface area contributed by atoms with Crippen LogP contribution in [0.25, 0.3) is 11.0 Å². The number of aromatic nitrogens is 2. The van der Waals surface area contributed by atoms with Gasteiger partial charge < -0.3 is 4.74 Å². The van der Waals surface area contributed by atoms with Crippen LogP contribution in [0.5, 0.6) is 5.88 Å². The second-order valence-corrected chi connectivity index (χ2v) is 5.70. The fourth-order valence-electron chi connectivity index (χ4n) is 2.26. The van der Waals surface area contributed by atoms with Crippen molar-refractivity contribution >= 4 is 11.0 Å². The molecule has 0 fully saturated rings. The highest BCUT2D eigenvalue weighted by Crippen LogP contribution is 2.29. The molecular formula is C14H18N2O. The standard InChI is InChI=1S/C14H18N2O/c1-14(2,3)11-6-5-10-9-12-16(13(10)15-11)7-4-8-17-12/h5-6,9H,4,7-8H2,1-3H3. The summed E-state index contributed by atoms with van der Waals surface area (Å²) in [4.78, 5) is 4.80. The zero-order valence-electron chi connectivity index (χ0n) is 10.7. The van der Waals surface area contributed by atoms with Crippen molar-refractivity contribution in [2.24, 2.45) is 0 Å². The summed E-state index contributed by atoms with van der Waals surface area (Å²) in [5.41, 5.74) is 2.29. The summed E-state index contributed by atoms with van der Waals surface area (Å²) in [5.74, 6) is 0.963. The SMILES string of the molecule is CC(C)(C)c1ccc2cc3n(c2n1)CCCO3. The zero-order chi connectivity index (χ0) is 12.0. The van der Waals surface area contributed by atoms with Gasteiger partial charge in [0.15, 0.2) is 5.88 Å². The van der Waals surface area contributed by atoms with Gasteiger partial charge in [0.25, 0.3) is 0 Å². The number of ether oxygens (including phenoxy) is 1. The second-order valence-electron chi connectivity index (χ2n) is 5.70. The highest BCUT2D eigenvalue weighted by molar-refractivity contribution is 5.79. The number of nitrogens with zero attached hydrogens (tertiary/aromatic N) is 2. The number of hydrogen-bond donors (Lipinski definition) is 0. The van der Waals surface area contributed by atoms with Crippen molar-refractivity contribution in [3.05, 3.63) is 23.9 Å². The molecule has 1 aliphatic heterocycles. The van der Waals surface area contributed by atoms with Gasteiger partial charge in [0.2, 0.25) is 0 Å². The van der Waals surface area contributed by atoms with Crippen LogP contribution in [0.1, 0.15) is 32.9 Å². The van der Waals surface area contributed by atoms with Crippen LogP contribution < -0.4 is 4.74 Å². The largest absolute Gasteiger partial charge is 0.479 e. The minimum absolute atomic E-state index is 0.0917. The average Bonchev–Trinajstić information content (AvgIpc) is 2.65. The molecule has 3 nitrogen and oxygen atoms in total. The van der Waals surface area contributed by atoms with Crippen molar-refractivity contribution in [3.8, 4) is 5.88 Å². The first kappa shape index (κ1) is 10.6. The lowest BCUT2D eigenvalue weighted by molar-refractivity contribution is 0.244. The third-order valence-corrected chi connectivity index (χ3v) is 3.25. The van der Waals surface area contributed by atoms with Crippen molar-refractivity contribution in [3.63, 3.8) is 0 Å². The lowest BCUT2D eigenvalue weighted by atomic mass is 9.91. The van der Waals surface area contributed by atoms with Crippen molar-refractivity contribution in [1.29, 1.82) is 0 Å². The molecule has 3 heteroatoms. The van der Waals surface area contributed by atoms with E-state index in [1.807, 2.05) is 0 Å². The van der Waals surface area contributed by atoms with Crippen LogP contribution in [0.2, 0.25) is 0 Å². The quantitative estimate of drug-likeness (QED) is 0.695. The summed E-state index contributed by atoms with van der Waals surface area (Å²) in [7, 11) is 0. The van der Waals surface area contributed by atoms with E-state index in [9.17, 15) is 0 Å². The lowest BCUT2D eigenvalue weighted by Crippen LogP contribution is -2.16. The predicted molar refractivity (Wildman–Crippen MR) is 68.5 cm³/mol. The minimum Gasteiger partial charge on any atom is -0.479 e. The van der Waals surface area contributed by atoms with Gasteiger partial charge in [0.1, 0.15) is 5.65 Å². The molecule has 1 aliphatic rings. The van der Waals surface area contributed by atoms with Gasteiger partial charge in [-0.3, -0.25) is 4.57 Å². The maximum atomic E-state index is 5.66. The summed E-state index contributed by atoms with van der Waals surface area (Å²) < 4.78 is 7.85. The second kappa shape index (κ2) is 3.49. The maximum absolute atomic E-state index is 5.66. The molecule has 3 heterocycles. The first-order valence-corrected chi connectivity index (χ1v) is 6.19. The van der Waals surface area contributed by atoms with E-state index in [2.05, 4.69) is 43.5 Å². The summed E-state index contributed by atoms with van der Waals surface area (Å²) in [5, 5.41) is 1.18. The van der Waals surface area contributed by atoms with Crippen molar-refractivity contribution in [1.82, 2.24) is 9.55 Å². The van der Waals surface area contributed by atoms with Gasteiger partial charge in [-0.15, -0.1) is 0 Å². The minimum atomic E-state index is 0.0917. The molecule has 2 aromatic heterocycles. The Hall–Kier alpha value is -1.51. The molecule has 0 atom stereocenters. The Bertz CT molecular complexity index is 563. The van der Waals surface area contributed by atoms with Crippen molar-refractivity contribution < 1.29 is 4.74 Å². The number of pyridine rings is 1. The lowest BCUT2D eigenvalue weighted by Gasteiger charge is -2.19. The van der Waals surface area contributed by atoms with Crippen LogP contribution in [-0.2, 0) is 12.0 Å². The van der Waals surface area contributed by atoms with E-state index in [1.165, 1.54) is 5.39 Å². The molecule has 17 heavy (non-hydrogen) atoms. The Balaban J connectivity index is 2.21. The first-order valence-electron chi connectivity index (χ1n) is 6.19. The fourth-order valence-corrected chi connectivity index (χ4v) is 2.26. The first-order chi connectivity index (χ1) is 8.05. The molecule has 0 amide bonds. The van der Waals surface area contributed by atoms with Crippen LogP contribution in [0.3, 0.4) is 0 Å². The Morgan fingerprint density at radius 3 is 2.88 bits per heavy atom. The van der Waals surface area contributed by atoms with Gasteiger partial charge in [-0.2, -0.15) is 0 Å². The van der Waals surface area contributed by atoms with Crippen LogP contribution in [0, 0.1) is 0 Å². The molecule has 0 saturated heterocycles. The Kier molecular flexibility index (Phi) is 2.18. The molecule has 0 radical (unpaired) electrons. The van der Waals surface area contributed by atoms with Gasteiger partial charge in [-0.05, 0) is 18.6 Å². The highest BCUT2D eigenvalue weighted by Gasteiger charge is 2.19. The van der Waals surface area contributed by atoms with Crippen LogP contribution in [0.15, 0.2) is 18.2 Å². The molecule has 0 aromatic carbocycles. The summed E-state index contributed by atoms with van der Waals surface area (Å²) in [6.45, 7) is 8.41. The number of aryl methyl sites for hydroxylation is 1. The topological polar surface area (TPSA) is 27.1 Å². The summed E-state index contributed by atoms with van der Waals surface area (Å²) in [6, 6.07) is 6.36. The van der Waals surface area contributed by atoms with Crippen LogP contribution in [-0.4, -0.2) is 16.2 Å². The van der Waals surface area contributed by atoms with E-state index in [1.54, 1.807) is 0 Å². The van der Waals surface area contributed by atoms with E-state index in [-0.39, 0.29) is 5.41 Å². The molecule has 0 aliphatic carbocycles. The van der Waals surface area contributed by atoms with E-state index in [0.29, 0.717) is 0 Å². The van der Waals surface area contributed by atoms with Gasteiger partial charge in [-0.25, -0.2) is 4.98 Å². The highest BCUT2D eigenvalue weighted by atomic mass is 16.5. The van der Waals surface area contributed by atoms with Crippen molar-refractivity contribution in [2.45, 2.75) is 39.2 Å². The van der Waals surface area contributed by atoms with Gasteiger partial charge >= 0.3 is 0 Å². The molecule has 0 spiro atoms. The monoisotopic (exact) mass is 230 g/mol. The average molecular weight is 230 g/mol. The molecule has 90 valence electrons. The van der Waals surface area contributed by atoms with Crippen LogP contribution in [0.4, 0.5) is 0 Å². The molecular weight excluding hydrogens is 212 g/mol. The van der Waals surface area contributed by atoms with E-state index in [4.69, 9.17) is 9.72 Å². The van der Waals surface area contributed by atoms with Gasteiger partial charge in [0.05, 0.1) is 6.61 Å². The fraction of sp³-hybridized carbons (Fsp3) is 0.500. The Morgan fingerprint density at radius 2 is 2.12 bits per heavy atom. The third kappa shape index (κ3) is 1.70. The number of fused-ring (bicyclic) bond motifs is 3. The summed E-state index contributed by atoms with van der Waals surface area (Å²) >= 11 is 0. The predicted octanol–water partition coefficient (Wildman–Crippen LogP) is 3.12. The van der Waals surface area contributed by atoms with Gasteiger partial charge in [-0.1, -0.05) is 20.8 Å². The number of rotatable bonds is 0. The van der Waals surface area contributed by atoms with E-state index < -0.39 is 0 Å². The van der Waals surface area contributed by atoms with Crippen LogP contribution >= 0.6 is 0 Å². The number of hydrogen-bond acceptors (Lipinski definition) is 2. The van der Waals surface area contributed by atoms with Gasteiger partial charge in [0, 0.05) is 29.1 Å². The normalized spacial score (nSPS) is 15.7. The Labute approximate surface area is 101 Å². The molecule has 0 N–H and O–H groups in total. The Morgan fingerprint density at radius 1 is 1.29 bits per heavy atom. The third-order valence-electron chi connectivity index (χ3n) is 3.25. The molecule has 2 aromatic rings. The molecule has 0 unspecified atom stereocenters. The van der Waals surface area contributed by atoms with E-state index in [0.717, 1.165) is 36.8 Å². The molecule has 0 saturated carbocycles. The smallest absolute Gasteiger partial charge is 0.195 e. The zero-order valence-corrected chi connectivity index (χ0v) is 10.7. The van der Waals surface area contributed by atoms with E-state index >= 15 is 0 Å².